The van der Waals surface area contributed by atoms with Crippen LogP contribution in [-0.2, 0) is 6.42 Å². The molecule has 0 saturated carbocycles. The molecule has 0 saturated heterocycles. The lowest BCUT2D eigenvalue weighted by molar-refractivity contribution is 0.0513. The number of ether oxygens (including phenoxy) is 1. The van der Waals surface area contributed by atoms with Crippen LogP contribution >= 0.6 is 0 Å². The maximum atomic E-state index is 6.56. The summed E-state index contributed by atoms with van der Waals surface area (Å²) >= 11 is 0. The smallest absolute Gasteiger partial charge is 0.147 e. The molecule has 0 aromatic heterocycles. The molecule has 3 atom stereocenters. The predicted octanol–water partition coefficient (Wildman–Crippen LogP) is 8.03. The Morgan fingerprint density at radius 2 is 1.58 bits per heavy atom. The number of aryl methyl sites for hydroxylation is 2. The van der Waals surface area contributed by atoms with Crippen LogP contribution in [0.5, 0.6) is 11.5 Å². The second-order valence-corrected chi connectivity index (χ2v) is 10.9. The molecule has 178 valence electrons. The summed E-state index contributed by atoms with van der Waals surface area (Å²) in [5.41, 5.74) is 5.18. The maximum Gasteiger partial charge on any atom is 0.147 e. The number of rotatable bonds is 14. The second-order valence-electron chi connectivity index (χ2n) is 10.9. The van der Waals surface area contributed by atoms with Gasteiger partial charge in [0, 0.05) is 7.05 Å². The van der Waals surface area contributed by atoms with Crippen LogP contribution < -0.4 is 15.1 Å². The number of hydroxylamine groups is 1. The molecule has 1 aliphatic rings. The van der Waals surface area contributed by atoms with Crippen molar-refractivity contribution >= 4 is 0 Å². The van der Waals surface area contributed by atoms with E-state index in [4.69, 9.17) is 9.57 Å². The van der Waals surface area contributed by atoms with Crippen molar-refractivity contribution in [1.29, 1.82) is 0 Å². The molecular formula is C28H49NO2. The lowest BCUT2D eigenvalue weighted by Gasteiger charge is -2.37. The highest BCUT2D eigenvalue weighted by molar-refractivity contribution is 5.48. The van der Waals surface area contributed by atoms with E-state index in [0.29, 0.717) is 0 Å². The summed E-state index contributed by atoms with van der Waals surface area (Å²) in [6.45, 7) is 14.0. The lowest BCUT2D eigenvalue weighted by atomic mass is 9.85. The van der Waals surface area contributed by atoms with E-state index in [2.05, 4.69) is 59.2 Å². The van der Waals surface area contributed by atoms with Crippen molar-refractivity contribution < 1.29 is 9.57 Å². The van der Waals surface area contributed by atoms with Gasteiger partial charge >= 0.3 is 0 Å². The van der Waals surface area contributed by atoms with Crippen LogP contribution in [0.1, 0.15) is 110 Å². The molecule has 1 aromatic rings. The molecule has 1 aliphatic heterocycles. The van der Waals surface area contributed by atoms with Gasteiger partial charge in [-0.25, -0.2) is 0 Å². The van der Waals surface area contributed by atoms with E-state index in [0.717, 1.165) is 48.5 Å². The average molecular weight is 432 g/mol. The zero-order valence-corrected chi connectivity index (χ0v) is 21.5. The number of fused-ring (bicyclic) bond motifs is 1. The highest BCUT2D eigenvalue weighted by atomic mass is 16.6. The average Bonchev–Trinajstić information content (AvgIpc) is 2.69. The quantitative estimate of drug-likeness (QED) is 0.302. The van der Waals surface area contributed by atoms with Gasteiger partial charge in [-0.1, -0.05) is 72.6 Å². The van der Waals surface area contributed by atoms with Crippen molar-refractivity contribution in [2.24, 2.45) is 17.8 Å². The predicted molar refractivity (Wildman–Crippen MR) is 133 cm³/mol. The molecule has 1 heterocycles. The Balaban J connectivity index is 1.69. The van der Waals surface area contributed by atoms with E-state index < -0.39 is 0 Å². The minimum Gasteiger partial charge on any atom is -0.487 e. The van der Waals surface area contributed by atoms with Crippen LogP contribution in [-0.4, -0.2) is 12.6 Å². The molecule has 0 fully saturated rings. The van der Waals surface area contributed by atoms with Crippen LogP contribution in [0.25, 0.3) is 0 Å². The Hall–Kier alpha value is -1.22. The highest BCUT2D eigenvalue weighted by Gasteiger charge is 2.32. The molecule has 0 amide bonds. The number of nitrogens with one attached hydrogen (secondary N) is 1. The van der Waals surface area contributed by atoms with Crippen molar-refractivity contribution in [3.8, 4) is 11.5 Å². The summed E-state index contributed by atoms with van der Waals surface area (Å²) in [5.74, 6) is 4.52. The Morgan fingerprint density at radius 3 is 2.19 bits per heavy atom. The Labute approximate surface area is 192 Å². The third-order valence-corrected chi connectivity index (χ3v) is 7.09. The van der Waals surface area contributed by atoms with Gasteiger partial charge in [-0.2, -0.15) is 5.48 Å². The molecule has 2 rings (SSSR count). The van der Waals surface area contributed by atoms with Gasteiger partial charge in [0.25, 0.3) is 0 Å². The van der Waals surface area contributed by atoms with E-state index >= 15 is 0 Å². The van der Waals surface area contributed by atoms with E-state index in [1.54, 1.807) is 7.05 Å². The first-order chi connectivity index (χ1) is 14.7. The molecule has 0 aliphatic carbocycles. The van der Waals surface area contributed by atoms with Gasteiger partial charge < -0.3 is 9.57 Å². The third kappa shape index (κ3) is 9.04. The fraction of sp³-hybridized carbons (Fsp3) is 0.786. The number of hydrogen-bond donors (Lipinski definition) is 1. The normalized spacial score (nSPS) is 20.3. The van der Waals surface area contributed by atoms with Crippen LogP contribution in [0.2, 0.25) is 0 Å². The van der Waals surface area contributed by atoms with Gasteiger partial charge in [0.2, 0.25) is 0 Å². The largest absolute Gasteiger partial charge is 0.487 e. The third-order valence-electron chi connectivity index (χ3n) is 7.09. The molecule has 0 spiro atoms. The van der Waals surface area contributed by atoms with Crippen LogP contribution in [0.4, 0.5) is 0 Å². The van der Waals surface area contributed by atoms with Crippen LogP contribution in [0.3, 0.4) is 0 Å². The van der Waals surface area contributed by atoms with E-state index in [-0.39, 0.29) is 5.60 Å². The molecule has 1 aromatic carbocycles. The maximum absolute atomic E-state index is 6.56. The zero-order valence-electron chi connectivity index (χ0n) is 21.5. The fourth-order valence-electron chi connectivity index (χ4n) is 4.99. The van der Waals surface area contributed by atoms with Crippen molar-refractivity contribution in [3.05, 3.63) is 23.3 Å². The summed E-state index contributed by atoms with van der Waals surface area (Å²) in [6.07, 6.45) is 14.3. The topological polar surface area (TPSA) is 30.5 Å². The van der Waals surface area contributed by atoms with Gasteiger partial charge in [0.1, 0.15) is 17.1 Å². The van der Waals surface area contributed by atoms with E-state index in [9.17, 15) is 0 Å². The summed E-state index contributed by atoms with van der Waals surface area (Å²) in [7, 11) is 1.79. The highest BCUT2D eigenvalue weighted by Crippen LogP contribution is 2.40. The van der Waals surface area contributed by atoms with Crippen molar-refractivity contribution in [3.63, 3.8) is 0 Å². The Morgan fingerprint density at radius 1 is 0.968 bits per heavy atom. The van der Waals surface area contributed by atoms with E-state index in [1.165, 1.54) is 62.5 Å². The summed E-state index contributed by atoms with van der Waals surface area (Å²) in [4.78, 5) is 5.47. The molecule has 0 unspecified atom stereocenters. The number of benzene rings is 1. The minimum absolute atomic E-state index is 0.0339. The molecule has 1 N–H and O–H groups in total. The number of hydrogen-bond acceptors (Lipinski definition) is 3. The summed E-state index contributed by atoms with van der Waals surface area (Å²) < 4.78 is 6.56. The van der Waals surface area contributed by atoms with Gasteiger partial charge in [-0.05, 0) is 80.5 Å². The first kappa shape index (κ1) is 26.0. The summed E-state index contributed by atoms with van der Waals surface area (Å²) in [6, 6.07) is 4.18. The molecular weight excluding hydrogens is 382 g/mol. The Kier molecular flexibility index (Phi) is 10.7. The van der Waals surface area contributed by atoms with Gasteiger partial charge in [-0.15, -0.1) is 0 Å². The van der Waals surface area contributed by atoms with E-state index in [1.807, 2.05) is 0 Å². The van der Waals surface area contributed by atoms with Crippen molar-refractivity contribution in [2.45, 2.75) is 118 Å². The Bertz CT molecular complexity index is 657. The van der Waals surface area contributed by atoms with Crippen LogP contribution in [0, 0.1) is 24.7 Å². The SMILES string of the molecule is CNOc1cc(C)c2c(c1)CC[C@@](C)(CCC[C@H](C)CCC[C@H](C)CCCC(C)C)O2. The lowest BCUT2D eigenvalue weighted by Crippen LogP contribution is -2.36. The minimum atomic E-state index is -0.0339. The zero-order chi connectivity index (χ0) is 22.9. The second kappa shape index (κ2) is 12.7. The van der Waals surface area contributed by atoms with Gasteiger partial charge in [0.05, 0.1) is 0 Å². The molecule has 0 radical (unpaired) electrons. The standard InChI is InChI=1S/C28H49NO2/c1-21(2)11-8-12-22(3)13-9-14-23(4)15-10-17-28(6)18-16-25-20-26(31-29-7)19-24(5)27(25)30-28/h19-23,29H,8-18H2,1-7H3/t22-,23-,28-/m1/s1. The molecule has 3 heteroatoms. The monoisotopic (exact) mass is 431 g/mol. The molecule has 31 heavy (non-hydrogen) atoms. The fourth-order valence-corrected chi connectivity index (χ4v) is 4.99. The van der Waals surface area contributed by atoms with Gasteiger partial charge in [-0.3, -0.25) is 0 Å². The van der Waals surface area contributed by atoms with Crippen molar-refractivity contribution in [1.82, 2.24) is 5.48 Å². The molecule has 0 bridgehead atoms. The summed E-state index contributed by atoms with van der Waals surface area (Å²) in [5, 5.41) is 0. The first-order valence-corrected chi connectivity index (χ1v) is 12.9. The molecule has 3 nitrogen and oxygen atoms in total. The van der Waals surface area contributed by atoms with Crippen LogP contribution in [0.15, 0.2) is 12.1 Å². The first-order valence-electron chi connectivity index (χ1n) is 12.9. The van der Waals surface area contributed by atoms with Gasteiger partial charge in [0.15, 0.2) is 0 Å². The van der Waals surface area contributed by atoms with Crippen molar-refractivity contribution in [2.75, 3.05) is 7.05 Å².